The zero-order valence-electron chi connectivity index (χ0n) is 7.28. The Bertz CT molecular complexity index is 371. The number of fused-ring (bicyclic) bond motifs is 1. The molecule has 1 atom stereocenters. The van der Waals surface area contributed by atoms with Crippen molar-refractivity contribution in [1.82, 2.24) is 0 Å². The average Bonchev–Trinajstić information content (AvgIpc) is 2.18. The van der Waals surface area contributed by atoms with Crippen LogP contribution < -0.4 is 0 Å². The van der Waals surface area contributed by atoms with Crippen LogP contribution in [0.1, 0.15) is 12.5 Å². The van der Waals surface area contributed by atoms with Crippen molar-refractivity contribution in [2.45, 2.75) is 23.4 Å². The first-order valence-corrected chi connectivity index (χ1v) is 4.87. The van der Waals surface area contributed by atoms with E-state index in [0.717, 1.165) is 4.90 Å². The molecule has 0 spiro atoms. The van der Waals surface area contributed by atoms with Crippen molar-refractivity contribution in [3.05, 3.63) is 29.8 Å². The van der Waals surface area contributed by atoms with Gasteiger partial charge in [-0.05, 0) is 18.6 Å². The second-order valence-corrected chi connectivity index (χ2v) is 4.48. The zero-order chi connectivity index (χ0) is 9.31. The summed E-state index contributed by atoms with van der Waals surface area (Å²) < 4.78 is 5.44. The predicted octanol–water partition coefficient (Wildman–Crippen LogP) is 2.55. The molecule has 1 aliphatic rings. The summed E-state index contributed by atoms with van der Waals surface area (Å²) in [6, 6.07) is 10.2. The van der Waals surface area contributed by atoms with Gasteiger partial charge in [-0.15, -0.1) is 0 Å². The highest BCUT2D eigenvalue weighted by Crippen LogP contribution is 2.40. The van der Waals surface area contributed by atoms with Gasteiger partial charge in [0.25, 0.3) is 0 Å². The molecule has 0 bridgehead atoms. The van der Waals surface area contributed by atoms with Gasteiger partial charge in [0, 0.05) is 4.90 Å². The zero-order valence-corrected chi connectivity index (χ0v) is 8.10. The third-order valence-corrected chi connectivity index (χ3v) is 3.20. The normalized spacial score (nSPS) is 26.2. The molecule has 2 nitrogen and oxygen atoms in total. The highest BCUT2D eigenvalue weighted by molar-refractivity contribution is 8.00. The van der Waals surface area contributed by atoms with E-state index < -0.39 is 4.93 Å². The molecule has 0 N–H and O–H groups in total. The summed E-state index contributed by atoms with van der Waals surface area (Å²) in [4.78, 5) is 0.437. The molecule has 13 heavy (non-hydrogen) atoms. The van der Waals surface area contributed by atoms with Gasteiger partial charge in [-0.3, -0.25) is 0 Å². The summed E-state index contributed by atoms with van der Waals surface area (Å²) in [5.74, 6) is 0. The molecule has 0 aliphatic carbocycles. The number of ether oxygens (including phenoxy) is 1. The molecule has 1 aromatic rings. The monoisotopic (exact) mass is 191 g/mol. The molecule has 0 saturated heterocycles. The lowest BCUT2D eigenvalue weighted by Gasteiger charge is -2.27. The fraction of sp³-hybridized carbons (Fsp3) is 0.300. The largest absolute Gasteiger partial charge is 0.346 e. The average molecular weight is 191 g/mol. The van der Waals surface area contributed by atoms with Gasteiger partial charge in [-0.25, -0.2) is 0 Å². The summed E-state index contributed by atoms with van der Waals surface area (Å²) in [6.07, 6.45) is 0. The summed E-state index contributed by atoms with van der Waals surface area (Å²) >= 11 is 1.48. The van der Waals surface area contributed by atoms with Crippen LogP contribution in [0.5, 0.6) is 0 Å². The molecule has 1 aliphatic heterocycles. The maximum Gasteiger partial charge on any atom is 0.202 e. The maximum atomic E-state index is 8.88. The van der Waals surface area contributed by atoms with Crippen LogP contribution in [0, 0.1) is 11.3 Å². The van der Waals surface area contributed by atoms with Crippen LogP contribution in [0.4, 0.5) is 0 Å². The third-order valence-electron chi connectivity index (χ3n) is 1.98. The molecule has 3 heteroatoms. The Morgan fingerprint density at radius 2 is 2.31 bits per heavy atom. The van der Waals surface area contributed by atoms with E-state index in [9.17, 15) is 0 Å². The molecular weight excluding hydrogens is 182 g/mol. The Kier molecular flexibility index (Phi) is 2.03. The van der Waals surface area contributed by atoms with Crippen LogP contribution in [-0.4, -0.2) is 4.93 Å². The van der Waals surface area contributed by atoms with Gasteiger partial charge >= 0.3 is 0 Å². The lowest BCUT2D eigenvalue weighted by atomic mass is 10.2. The Balaban J connectivity index is 2.36. The summed E-state index contributed by atoms with van der Waals surface area (Å²) in [6.45, 7) is 2.33. The van der Waals surface area contributed by atoms with Crippen molar-refractivity contribution in [2.24, 2.45) is 0 Å². The van der Waals surface area contributed by atoms with Gasteiger partial charge in [0.2, 0.25) is 4.93 Å². The number of hydrogen-bond donors (Lipinski definition) is 0. The first-order chi connectivity index (χ1) is 6.23. The van der Waals surface area contributed by atoms with Gasteiger partial charge in [0.15, 0.2) is 0 Å². The molecule has 2 rings (SSSR count). The molecule has 1 aromatic carbocycles. The Morgan fingerprint density at radius 1 is 1.54 bits per heavy atom. The maximum absolute atomic E-state index is 8.88. The minimum atomic E-state index is -0.714. The van der Waals surface area contributed by atoms with E-state index in [-0.39, 0.29) is 0 Å². The van der Waals surface area contributed by atoms with Crippen molar-refractivity contribution in [1.29, 1.82) is 5.26 Å². The van der Waals surface area contributed by atoms with E-state index in [4.69, 9.17) is 10.00 Å². The van der Waals surface area contributed by atoms with Crippen LogP contribution in [-0.2, 0) is 11.3 Å². The number of rotatable bonds is 0. The SMILES string of the molecule is CC1(C#N)OCc2ccccc2S1. The molecule has 0 fully saturated rings. The van der Waals surface area contributed by atoms with E-state index in [1.165, 1.54) is 17.3 Å². The fourth-order valence-corrected chi connectivity index (χ4v) is 2.22. The van der Waals surface area contributed by atoms with Gasteiger partial charge < -0.3 is 4.74 Å². The summed E-state index contributed by atoms with van der Waals surface area (Å²) in [5, 5.41) is 8.88. The first-order valence-electron chi connectivity index (χ1n) is 4.06. The van der Waals surface area contributed by atoms with Crippen LogP contribution in [0.25, 0.3) is 0 Å². The van der Waals surface area contributed by atoms with Crippen LogP contribution in [0.3, 0.4) is 0 Å². The topological polar surface area (TPSA) is 33.0 Å². The fourth-order valence-electron chi connectivity index (χ4n) is 1.23. The van der Waals surface area contributed by atoms with Crippen molar-refractivity contribution < 1.29 is 4.74 Å². The summed E-state index contributed by atoms with van der Waals surface area (Å²) in [5.41, 5.74) is 1.17. The third kappa shape index (κ3) is 1.55. The number of nitriles is 1. The minimum absolute atomic E-state index is 0.535. The van der Waals surface area contributed by atoms with Crippen LogP contribution in [0.2, 0.25) is 0 Å². The van der Waals surface area contributed by atoms with Gasteiger partial charge in [0.1, 0.15) is 6.07 Å². The van der Waals surface area contributed by atoms with E-state index in [1.807, 2.05) is 24.3 Å². The molecule has 0 aromatic heterocycles. The van der Waals surface area contributed by atoms with Crippen molar-refractivity contribution in [3.63, 3.8) is 0 Å². The molecule has 0 amide bonds. The molecule has 1 heterocycles. The number of benzene rings is 1. The van der Waals surface area contributed by atoms with Crippen molar-refractivity contribution in [3.8, 4) is 6.07 Å². The second kappa shape index (κ2) is 3.06. The lowest BCUT2D eigenvalue weighted by molar-refractivity contribution is 0.0579. The Morgan fingerprint density at radius 3 is 3.08 bits per heavy atom. The van der Waals surface area contributed by atoms with E-state index in [0.29, 0.717) is 6.61 Å². The smallest absolute Gasteiger partial charge is 0.202 e. The highest BCUT2D eigenvalue weighted by atomic mass is 32.2. The quantitative estimate of drug-likeness (QED) is 0.631. The Hall–Kier alpha value is -0.980. The van der Waals surface area contributed by atoms with Crippen molar-refractivity contribution in [2.75, 3.05) is 0 Å². The van der Waals surface area contributed by atoms with Gasteiger partial charge in [0.05, 0.1) is 6.61 Å². The highest BCUT2D eigenvalue weighted by Gasteiger charge is 2.31. The van der Waals surface area contributed by atoms with Crippen LogP contribution >= 0.6 is 11.8 Å². The number of thioether (sulfide) groups is 1. The van der Waals surface area contributed by atoms with E-state index in [2.05, 4.69) is 6.07 Å². The minimum Gasteiger partial charge on any atom is -0.346 e. The van der Waals surface area contributed by atoms with Gasteiger partial charge in [-0.2, -0.15) is 5.26 Å². The number of nitrogens with zero attached hydrogens (tertiary/aromatic N) is 1. The standard InChI is InChI=1S/C10H9NOS/c1-10(7-11)12-6-8-4-2-3-5-9(8)13-10/h2-5H,6H2,1H3. The Labute approximate surface area is 81.5 Å². The molecule has 66 valence electrons. The van der Waals surface area contributed by atoms with Crippen LogP contribution in [0.15, 0.2) is 29.2 Å². The first kappa shape index (κ1) is 8.61. The van der Waals surface area contributed by atoms with Gasteiger partial charge in [-0.1, -0.05) is 30.0 Å². The number of hydrogen-bond acceptors (Lipinski definition) is 3. The molecule has 1 unspecified atom stereocenters. The second-order valence-electron chi connectivity index (χ2n) is 3.06. The predicted molar refractivity (Wildman–Crippen MR) is 51.1 cm³/mol. The molecule has 0 saturated carbocycles. The van der Waals surface area contributed by atoms with Crippen molar-refractivity contribution >= 4 is 11.8 Å². The lowest BCUT2D eigenvalue weighted by Crippen LogP contribution is -2.25. The van der Waals surface area contributed by atoms with E-state index in [1.54, 1.807) is 6.92 Å². The molecular formula is C10H9NOS. The summed E-state index contributed by atoms with van der Waals surface area (Å²) in [7, 11) is 0. The van der Waals surface area contributed by atoms with E-state index >= 15 is 0 Å². The molecule has 0 radical (unpaired) electrons.